The molecule has 5 nitrogen and oxygen atoms in total. The Morgan fingerprint density at radius 2 is 1.79 bits per heavy atom. The highest BCUT2D eigenvalue weighted by atomic mass is 16.5. The van der Waals surface area contributed by atoms with Crippen molar-refractivity contribution >= 4 is 11.9 Å². The Hall–Kier alpha value is -1.10. The average molecular weight is 200 g/mol. The molecular weight excluding hydrogens is 184 g/mol. The molecule has 0 atom stereocenters. The molecule has 0 spiro atoms. The minimum absolute atomic E-state index is 0.525. The number of piperazine rings is 1. The van der Waals surface area contributed by atoms with Crippen molar-refractivity contribution in [3.05, 3.63) is 0 Å². The summed E-state index contributed by atoms with van der Waals surface area (Å²) in [6.07, 6.45) is 0. The van der Waals surface area contributed by atoms with Gasteiger partial charge in [0.15, 0.2) is 0 Å². The molecule has 0 unspecified atom stereocenters. The number of hydrogen-bond acceptors (Lipinski definition) is 4. The zero-order valence-electron chi connectivity index (χ0n) is 8.65. The summed E-state index contributed by atoms with van der Waals surface area (Å²) < 4.78 is 4.37. The molecule has 0 radical (unpaired) electrons. The fourth-order valence-electron chi connectivity index (χ4n) is 1.48. The van der Waals surface area contributed by atoms with Gasteiger partial charge in [0.05, 0.1) is 7.11 Å². The van der Waals surface area contributed by atoms with E-state index < -0.39 is 11.9 Å². The molecule has 1 heterocycles. The lowest BCUT2D eigenvalue weighted by Crippen LogP contribution is -2.50. The van der Waals surface area contributed by atoms with Gasteiger partial charge in [-0.1, -0.05) is 6.92 Å². The van der Waals surface area contributed by atoms with Gasteiger partial charge in [0, 0.05) is 26.2 Å². The monoisotopic (exact) mass is 200 g/mol. The molecule has 0 saturated carbocycles. The summed E-state index contributed by atoms with van der Waals surface area (Å²) in [6, 6.07) is 0. The largest absolute Gasteiger partial charge is 0.462 e. The number of ether oxygens (including phenoxy) is 1. The van der Waals surface area contributed by atoms with E-state index in [1.165, 1.54) is 12.0 Å². The Morgan fingerprint density at radius 1 is 1.21 bits per heavy atom. The van der Waals surface area contributed by atoms with E-state index in [0.29, 0.717) is 13.1 Å². The standard InChI is InChI=1S/C9H16N2O3/c1-3-10-4-6-11(7-5-10)8(12)9(13)14-2/h3-7H2,1-2H3. The molecule has 5 heteroatoms. The minimum Gasteiger partial charge on any atom is -0.462 e. The topological polar surface area (TPSA) is 49.9 Å². The van der Waals surface area contributed by atoms with Gasteiger partial charge in [0.2, 0.25) is 0 Å². The van der Waals surface area contributed by atoms with Crippen LogP contribution in [0, 0.1) is 0 Å². The molecule has 0 aromatic heterocycles. The molecule has 0 N–H and O–H groups in total. The highest BCUT2D eigenvalue weighted by Gasteiger charge is 2.25. The number of hydrogen-bond donors (Lipinski definition) is 0. The molecule has 14 heavy (non-hydrogen) atoms. The van der Waals surface area contributed by atoms with Gasteiger partial charge in [0.1, 0.15) is 0 Å². The fraction of sp³-hybridized carbons (Fsp3) is 0.778. The fourth-order valence-corrected chi connectivity index (χ4v) is 1.48. The Bertz CT molecular complexity index is 222. The first-order valence-corrected chi connectivity index (χ1v) is 4.78. The third-order valence-corrected chi connectivity index (χ3v) is 2.47. The number of amides is 1. The highest BCUT2D eigenvalue weighted by molar-refractivity contribution is 6.32. The van der Waals surface area contributed by atoms with Crippen LogP contribution in [0.3, 0.4) is 0 Å². The molecular formula is C9H16N2O3. The minimum atomic E-state index is -0.769. The van der Waals surface area contributed by atoms with E-state index in [9.17, 15) is 9.59 Å². The van der Waals surface area contributed by atoms with Gasteiger partial charge in [-0.3, -0.25) is 4.79 Å². The number of methoxy groups -OCH3 is 1. The van der Waals surface area contributed by atoms with Gasteiger partial charge < -0.3 is 14.5 Å². The van der Waals surface area contributed by atoms with Crippen LogP contribution in [0.5, 0.6) is 0 Å². The van der Waals surface area contributed by atoms with E-state index in [-0.39, 0.29) is 0 Å². The summed E-state index contributed by atoms with van der Waals surface area (Å²) in [6.45, 7) is 5.96. The van der Waals surface area contributed by atoms with Crippen molar-refractivity contribution < 1.29 is 14.3 Å². The van der Waals surface area contributed by atoms with Crippen LogP contribution in [0.1, 0.15) is 6.92 Å². The lowest BCUT2D eigenvalue weighted by atomic mass is 10.3. The maximum atomic E-state index is 11.4. The first kappa shape index (κ1) is 11.0. The second-order valence-corrected chi connectivity index (χ2v) is 3.22. The van der Waals surface area contributed by atoms with Gasteiger partial charge >= 0.3 is 11.9 Å². The predicted octanol–water partition coefficient (Wildman–Crippen LogP) is -0.676. The Balaban J connectivity index is 2.41. The summed E-state index contributed by atoms with van der Waals surface area (Å²) in [5.41, 5.74) is 0. The van der Waals surface area contributed by atoms with Crippen LogP contribution in [0.2, 0.25) is 0 Å². The van der Waals surface area contributed by atoms with Crippen molar-refractivity contribution in [2.45, 2.75) is 6.92 Å². The van der Waals surface area contributed by atoms with Crippen molar-refractivity contribution in [2.24, 2.45) is 0 Å². The van der Waals surface area contributed by atoms with E-state index in [1.54, 1.807) is 0 Å². The summed E-state index contributed by atoms with van der Waals surface area (Å²) >= 11 is 0. The van der Waals surface area contributed by atoms with Crippen LogP contribution in [0.25, 0.3) is 0 Å². The summed E-state index contributed by atoms with van der Waals surface area (Å²) in [4.78, 5) is 26.1. The third-order valence-electron chi connectivity index (χ3n) is 2.47. The predicted molar refractivity (Wildman–Crippen MR) is 50.7 cm³/mol. The molecule has 80 valence electrons. The number of esters is 1. The summed E-state index contributed by atoms with van der Waals surface area (Å²) in [5.74, 6) is -1.29. The second-order valence-electron chi connectivity index (χ2n) is 3.22. The van der Waals surface area contributed by atoms with Gasteiger partial charge in [-0.05, 0) is 6.54 Å². The van der Waals surface area contributed by atoms with Crippen molar-refractivity contribution in [1.82, 2.24) is 9.80 Å². The quantitative estimate of drug-likeness (QED) is 0.416. The molecule has 0 bridgehead atoms. The van der Waals surface area contributed by atoms with Gasteiger partial charge in [0.25, 0.3) is 0 Å². The first-order chi connectivity index (χ1) is 6.69. The van der Waals surface area contributed by atoms with Crippen LogP contribution >= 0.6 is 0 Å². The van der Waals surface area contributed by atoms with Crippen LogP contribution < -0.4 is 0 Å². The molecule has 0 aromatic carbocycles. The number of rotatable bonds is 1. The van der Waals surface area contributed by atoms with E-state index in [2.05, 4.69) is 16.6 Å². The maximum absolute atomic E-state index is 11.4. The second kappa shape index (κ2) is 4.95. The number of carbonyl (C=O) groups excluding carboxylic acids is 2. The van der Waals surface area contributed by atoms with Crippen molar-refractivity contribution in [1.29, 1.82) is 0 Å². The Kier molecular flexibility index (Phi) is 3.88. The van der Waals surface area contributed by atoms with Crippen LogP contribution in [0.15, 0.2) is 0 Å². The van der Waals surface area contributed by atoms with E-state index in [4.69, 9.17) is 0 Å². The molecule has 0 aliphatic carbocycles. The summed E-state index contributed by atoms with van der Waals surface area (Å²) in [5, 5.41) is 0. The normalized spacial score (nSPS) is 18.0. The Morgan fingerprint density at radius 3 is 2.21 bits per heavy atom. The van der Waals surface area contributed by atoms with Crippen LogP contribution in [-0.2, 0) is 14.3 Å². The van der Waals surface area contributed by atoms with Gasteiger partial charge in [-0.2, -0.15) is 0 Å². The van der Waals surface area contributed by atoms with Crippen molar-refractivity contribution in [2.75, 3.05) is 39.8 Å². The lowest BCUT2D eigenvalue weighted by molar-refractivity contribution is -0.159. The highest BCUT2D eigenvalue weighted by Crippen LogP contribution is 2.01. The smallest absolute Gasteiger partial charge is 0.396 e. The molecule has 1 fully saturated rings. The number of carbonyl (C=O) groups is 2. The van der Waals surface area contributed by atoms with E-state index >= 15 is 0 Å². The number of likely N-dealkylation sites (N-methyl/N-ethyl adjacent to an activating group) is 1. The molecule has 1 rings (SSSR count). The third kappa shape index (κ3) is 2.45. The first-order valence-electron chi connectivity index (χ1n) is 4.78. The molecule has 1 aliphatic rings. The Labute approximate surface area is 83.6 Å². The lowest BCUT2D eigenvalue weighted by Gasteiger charge is -2.33. The van der Waals surface area contributed by atoms with E-state index in [1.807, 2.05) is 0 Å². The molecule has 0 aromatic rings. The number of nitrogens with zero attached hydrogens (tertiary/aromatic N) is 2. The average Bonchev–Trinajstić information content (AvgIpc) is 2.27. The van der Waals surface area contributed by atoms with Crippen molar-refractivity contribution in [3.8, 4) is 0 Å². The van der Waals surface area contributed by atoms with Crippen molar-refractivity contribution in [3.63, 3.8) is 0 Å². The SMILES string of the molecule is CCN1CCN(C(=O)C(=O)OC)CC1. The molecule has 1 aliphatic heterocycles. The zero-order valence-corrected chi connectivity index (χ0v) is 8.65. The zero-order chi connectivity index (χ0) is 10.6. The summed E-state index contributed by atoms with van der Waals surface area (Å²) in [7, 11) is 1.22. The molecule has 1 saturated heterocycles. The van der Waals surface area contributed by atoms with Gasteiger partial charge in [-0.15, -0.1) is 0 Å². The van der Waals surface area contributed by atoms with Gasteiger partial charge in [-0.25, -0.2) is 4.79 Å². The maximum Gasteiger partial charge on any atom is 0.396 e. The van der Waals surface area contributed by atoms with Crippen LogP contribution in [-0.4, -0.2) is 61.5 Å². The van der Waals surface area contributed by atoms with E-state index in [0.717, 1.165) is 19.6 Å². The van der Waals surface area contributed by atoms with Crippen LogP contribution in [0.4, 0.5) is 0 Å². The molecule has 1 amide bonds.